The highest BCUT2D eigenvalue weighted by molar-refractivity contribution is 8.00. The van der Waals surface area contributed by atoms with Gasteiger partial charge in [0.05, 0.1) is 0 Å². The molecule has 1 aromatic heterocycles. The molecule has 0 spiro atoms. The first-order valence-electron chi connectivity index (χ1n) is 4.42. The van der Waals surface area contributed by atoms with Crippen LogP contribution in [0, 0.1) is 0 Å². The Morgan fingerprint density at radius 3 is 3.06 bits per heavy atom. The van der Waals surface area contributed by atoms with Gasteiger partial charge in [-0.3, -0.25) is 4.57 Å². The van der Waals surface area contributed by atoms with Crippen molar-refractivity contribution in [2.24, 2.45) is 0 Å². The van der Waals surface area contributed by atoms with Crippen molar-refractivity contribution in [3.05, 3.63) is 22.7 Å². The largest absolute Gasteiger partial charge is 0.479 e. The number of nitrogens with two attached hydrogens (primary N) is 1. The van der Waals surface area contributed by atoms with Crippen LogP contribution in [0.5, 0.6) is 0 Å². The van der Waals surface area contributed by atoms with Gasteiger partial charge >= 0.3 is 11.7 Å². The van der Waals surface area contributed by atoms with E-state index < -0.39 is 23.3 Å². The van der Waals surface area contributed by atoms with Crippen LogP contribution in [0.4, 0.5) is 5.82 Å². The highest BCUT2D eigenvalue weighted by Crippen LogP contribution is 2.30. The third-order valence-electron chi connectivity index (χ3n) is 2.03. The van der Waals surface area contributed by atoms with Crippen LogP contribution in [0.15, 0.2) is 17.1 Å². The molecular weight excluding hydrogens is 237 g/mol. The van der Waals surface area contributed by atoms with Crippen molar-refractivity contribution in [2.45, 2.75) is 11.7 Å². The molecule has 1 saturated heterocycles. The summed E-state index contributed by atoms with van der Waals surface area (Å²) in [6.07, 6.45) is 0.840. The second-order valence-corrected chi connectivity index (χ2v) is 4.23. The Kier molecular flexibility index (Phi) is 2.84. The SMILES string of the molecule is Nc1cc[15n]([C@@H]2CS[C@H](C(=O)O)O2)[13c](=O)[15n]1. The number of anilines is 1. The Labute approximate surface area is 94.2 Å². The van der Waals surface area contributed by atoms with Crippen LogP contribution in [-0.2, 0) is 9.53 Å². The lowest BCUT2D eigenvalue weighted by Crippen LogP contribution is -2.29. The predicted molar refractivity (Wildman–Crippen MR) is 56.9 cm³/mol. The monoisotopic (exact) mass is 246 g/mol. The Balaban J connectivity index is 2.21. The van der Waals surface area contributed by atoms with E-state index in [1.807, 2.05) is 0 Å². The number of carbonyl (C=O) groups is 1. The second kappa shape index (κ2) is 4.14. The number of hydrogen-bond donors (Lipinski definition) is 2. The van der Waals surface area contributed by atoms with Crippen molar-refractivity contribution < 1.29 is 14.6 Å². The molecule has 8 heteroatoms. The van der Waals surface area contributed by atoms with Gasteiger partial charge in [-0.1, -0.05) is 0 Å². The molecule has 0 radical (unpaired) electrons. The number of hydrogen-bond acceptors (Lipinski definition) is 6. The molecule has 0 aromatic carbocycles. The summed E-state index contributed by atoms with van der Waals surface area (Å²) < 4.78 is 6.40. The quantitative estimate of drug-likeness (QED) is 0.724. The van der Waals surface area contributed by atoms with E-state index in [1.54, 1.807) is 0 Å². The smallest absolute Gasteiger partial charge is 0.351 e. The van der Waals surface area contributed by atoms with Crippen LogP contribution in [-0.4, -0.2) is 31.8 Å². The Morgan fingerprint density at radius 1 is 1.75 bits per heavy atom. The molecule has 0 amide bonds. The second-order valence-electron chi connectivity index (χ2n) is 3.14. The average Bonchev–Trinajstić information content (AvgIpc) is 2.66. The van der Waals surface area contributed by atoms with E-state index in [1.165, 1.54) is 16.8 Å². The number of ether oxygens (including phenoxy) is 1. The lowest BCUT2D eigenvalue weighted by molar-refractivity contribution is -0.147. The molecule has 1 aliphatic rings. The maximum absolute atomic E-state index is 11.4. The van der Waals surface area contributed by atoms with E-state index in [-0.39, 0.29) is 5.82 Å². The van der Waals surface area contributed by atoms with Gasteiger partial charge in [0.2, 0.25) is 5.44 Å². The summed E-state index contributed by atoms with van der Waals surface area (Å²) in [4.78, 5) is 25.6. The van der Waals surface area contributed by atoms with E-state index in [0.717, 1.165) is 11.8 Å². The molecule has 1 aromatic rings. The molecule has 0 saturated carbocycles. The number of nitrogens with zero attached hydrogens (tertiary/aromatic N) is 2. The van der Waals surface area contributed by atoms with E-state index in [4.69, 9.17) is 15.6 Å². The van der Waals surface area contributed by atoms with E-state index >= 15 is 0 Å². The van der Waals surface area contributed by atoms with Crippen LogP contribution in [0.1, 0.15) is 6.23 Å². The molecule has 86 valence electrons. The molecule has 1 fully saturated rings. The van der Waals surface area contributed by atoms with Gasteiger partial charge in [0, 0.05) is 11.9 Å². The summed E-state index contributed by atoms with van der Waals surface area (Å²) in [5, 5.41) is 8.72. The zero-order valence-electron chi connectivity index (χ0n) is 8.07. The first kappa shape index (κ1) is 11.0. The normalized spacial score (nSPS) is 24.5. The molecule has 2 heterocycles. The van der Waals surface area contributed by atoms with Crippen molar-refractivity contribution in [1.29, 1.82) is 0 Å². The number of carboxylic acid groups (broad SMARTS) is 1. The van der Waals surface area contributed by atoms with Crippen molar-refractivity contribution in [2.75, 3.05) is 11.5 Å². The van der Waals surface area contributed by atoms with Gasteiger partial charge in [-0.15, -0.1) is 11.8 Å². The van der Waals surface area contributed by atoms with Gasteiger partial charge in [0.15, 0.2) is 0 Å². The number of nitrogen functional groups attached to an aromatic ring is 1. The zero-order valence-corrected chi connectivity index (χ0v) is 8.88. The third kappa shape index (κ3) is 2.02. The number of aliphatic carboxylic acids is 1. The summed E-state index contributed by atoms with van der Waals surface area (Å²) >= 11 is 1.13. The fraction of sp³-hybridized carbons (Fsp3) is 0.375. The molecule has 16 heavy (non-hydrogen) atoms. The summed E-state index contributed by atoms with van der Waals surface area (Å²) in [5.41, 5.74) is 3.86. The highest BCUT2D eigenvalue weighted by atomic mass is 32.2. The predicted octanol–water partition coefficient (Wildman–Crippen LogP) is -0.502. The number of rotatable bonds is 2. The number of aromatic nitrogens is 2. The molecule has 7 nitrogen and oxygen atoms in total. The van der Waals surface area contributed by atoms with Gasteiger partial charge in [-0.2, -0.15) is 4.98 Å². The Hall–Kier alpha value is -1.54. The minimum Gasteiger partial charge on any atom is -0.479 e. The highest BCUT2D eigenvalue weighted by Gasteiger charge is 2.32. The maximum atomic E-state index is 11.4. The number of carboxylic acids is 1. The van der Waals surface area contributed by atoms with Gasteiger partial charge < -0.3 is 15.6 Å². The van der Waals surface area contributed by atoms with Crippen LogP contribution in [0.3, 0.4) is 0 Å². The van der Waals surface area contributed by atoms with Crippen LogP contribution in [0.25, 0.3) is 0 Å². The van der Waals surface area contributed by atoms with E-state index in [2.05, 4.69) is 4.98 Å². The molecule has 3 N–H and O–H groups in total. The number of thioether (sulfide) groups is 1. The summed E-state index contributed by atoms with van der Waals surface area (Å²) in [6.45, 7) is 0. The first-order valence-corrected chi connectivity index (χ1v) is 5.47. The van der Waals surface area contributed by atoms with Crippen molar-refractivity contribution in [1.82, 2.24) is 9.55 Å². The molecule has 1 aliphatic heterocycles. The Bertz CT molecular complexity index is 475. The summed E-state index contributed by atoms with van der Waals surface area (Å²) in [5.74, 6) is -0.534. The third-order valence-corrected chi connectivity index (χ3v) is 3.13. The van der Waals surface area contributed by atoms with Crippen LogP contribution >= 0.6 is 11.8 Å². The molecular formula is C8H9N3O4S. The fourth-order valence-corrected chi connectivity index (χ4v) is 2.24. The zero-order chi connectivity index (χ0) is 11.7. The van der Waals surface area contributed by atoms with E-state index in [9.17, 15) is 9.59 Å². The average molecular weight is 246 g/mol. The molecule has 0 unspecified atom stereocenters. The molecule has 0 bridgehead atoms. The van der Waals surface area contributed by atoms with E-state index in [0.29, 0.717) is 5.75 Å². The van der Waals surface area contributed by atoms with Gasteiger partial charge in [0.25, 0.3) is 0 Å². The Morgan fingerprint density at radius 2 is 2.50 bits per heavy atom. The van der Waals surface area contributed by atoms with Gasteiger partial charge in [-0.25, -0.2) is 9.59 Å². The van der Waals surface area contributed by atoms with Crippen molar-refractivity contribution in [3.8, 4) is 0 Å². The lowest BCUT2D eigenvalue weighted by Gasteiger charge is -2.12. The molecule has 2 atom stereocenters. The fourth-order valence-electron chi connectivity index (χ4n) is 1.31. The van der Waals surface area contributed by atoms with Crippen molar-refractivity contribution in [3.63, 3.8) is 0 Å². The topological polar surface area (TPSA) is 107 Å². The lowest BCUT2D eigenvalue weighted by atomic mass is 10.6. The summed E-state index contributed by atoms with van der Waals surface area (Å²) in [6, 6.07) is 1.46. The summed E-state index contributed by atoms with van der Waals surface area (Å²) in [7, 11) is 0. The molecule has 0 aliphatic carbocycles. The standard InChI is InChI=1S/C8H9N3O4S/c9-4-1-2-11(8(14)10-4)5-3-16-7(15-5)6(12)13/h1-2,5,7H,3H2,(H,12,13)(H2,9,10,14)/t5-,7+/m0/s1/i8+1,10+1,11+1. The van der Waals surface area contributed by atoms with Gasteiger partial charge in [0.1, 0.15) is 12.0 Å². The van der Waals surface area contributed by atoms with Crippen LogP contribution in [0.2, 0.25) is 0 Å². The maximum Gasteiger partial charge on any atom is 0.351 e. The van der Waals surface area contributed by atoms with Gasteiger partial charge in [-0.05, 0) is 6.07 Å². The first-order chi connectivity index (χ1) is 7.58. The minimum atomic E-state index is -1.05. The molecule has 2 rings (SSSR count). The van der Waals surface area contributed by atoms with Crippen molar-refractivity contribution >= 4 is 23.5 Å². The minimum absolute atomic E-state index is 0.127. The van der Waals surface area contributed by atoms with Crippen LogP contribution < -0.4 is 11.4 Å².